The van der Waals surface area contributed by atoms with Crippen LogP contribution in [0, 0.1) is 0 Å². The van der Waals surface area contributed by atoms with Crippen LogP contribution in [0.5, 0.6) is 5.75 Å². The number of benzene rings is 1. The first-order valence-corrected chi connectivity index (χ1v) is 5.36. The maximum absolute atomic E-state index is 12.1. The lowest BCUT2D eigenvalue weighted by molar-refractivity contribution is -0.274. The minimum absolute atomic E-state index is 0.268. The largest absolute Gasteiger partial charge is 0.573 e. The Bertz CT molecular complexity index is 553. The zero-order valence-corrected chi connectivity index (χ0v) is 9.98. The van der Waals surface area contributed by atoms with Crippen LogP contribution in [0.3, 0.4) is 0 Å². The van der Waals surface area contributed by atoms with E-state index in [1.807, 2.05) is 0 Å². The summed E-state index contributed by atoms with van der Waals surface area (Å²) in [5.41, 5.74) is 0.504. The Balaban J connectivity index is 2.01. The molecule has 1 heterocycles. The molecule has 0 bridgehead atoms. The van der Waals surface area contributed by atoms with Gasteiger partial charge in [0, 0.05) is 18.8 Å². The zero-order valence-electron chi connectivity index (χ0n) is 9.98. The van der Waals surface area contributed by atoms with Crippen LogP contribution in [0.4, 0.5) is 18.9 Å². The van der Waals surface area contributed by atoms with Crippen molar-refractivity contribution >= 4 is 5.69 Å². The van der Waals surface area contributed by atoms with E-state index in [1.165, 1.54) is 24.5 Å². The van der Waals surface area contributed by atoms with Crippen LogP contribution in [-0.2, 0) is 13.6 Å². The van der Waals surface area contributed by atoms with Gasteiger partial charge in [0.2, 0.25) is 0 Å². The minimum Gasteiger partial charge on any atom is -0.406 e. The summed E-state index contributed by atoms with van der Waals surface area (Å²) in [5, 5.41) is 6.83. The van der Waals surface area contributed by atoms with Gasteiger partial charge in [0.1, 0.15) is 17.9 Å². The monoisotopic (exact) mass is 272 g/mol. The lowest BCUT2D eigenvalue weighted by Crippen LogP contribution is -2.17. The van der Waals surface area contributed by atoms with Crippen LogP contribution in [0.15, 0.2) is 30.6 Å². The molecule has 0 aliphatic rings. The number of aromatic nitrogens is 3. The van der Waals surface area contributed by atoms with E-state index in [0.29, 0.717) is 18.1 Å². The second-order valence-corrected chi connectivity index (χ2v) is 3.73. The zero-order chi connectivity index (χ0) is 13.9. The lowest BCUT2D eigenvalue weighted by Gasteiger charge is -2.11. The standard InChI is InChI=1S/C11H11F3N4O/c1-18-10(16-7-17-18)6-15-8-3-2-4-9(5-8)19-11(12,13)14/h2-5,7,15H,6H2,1H3. The molecule has 0 amide bonds. The van der Waals surface area contributed by atoms with Gasteiger partial charge in [-0.05, 0) is 12.1 Å². The maximum Gasteiger partial charge on any atom is 0.573 e. The molecule has 0 saturated carbocycles. The second kappa shape index (κ2) is 5.17. The molecule has 102 valence electrons. The van der Waals surface area contributed by atoms with Gasteiger partial charge in [0.15, 0.2) is 0 Å². The number of nitrogens with one attached hydrogen (secondary N) is 1. The third-order valence-electron chi connectivity index (χ3n) is 2.32. The summed E-state index contributed by atoms with van der Waals surface area (Å²) in [5.74, 6) is 0.401. The van der Waals surface area contributed by atoms with Crippen molar-refractivity contribution < 1.29 is 17.9 Å². The summed E-state index contributed by atoms with van der Waals surface area (Å²) in [6.07, 6.45) is -3.29. The van der Waals surface area contributed by atoms with Crippen LogP contribution >= 0.6 is 0 Å². The molecule has 0 unspecified atom stereocenters. The Morgan fingerprint density at radius 2 is 2.16 bits per heavy atom. The number of nitrogens with zero attached hydrogens (tertiary/aromatic N) is 3. The summed E-state index contributed by atoms with van der Waals surface area (Å²) < 4.78 is 41.6. The number of rotatable bonds is 4. The average molecular weight is 272 g/mol. The molecule has 8 heteroatoms. The minimum atomic E-state index is -4.69. The smallest absolute Gasteiger partial charge is 0.406 e. The third kappa shape index (κ3) is 3.87. The molecule has 1 N–H and O–H groups in total. The van der Waals surface area contributed by atoms with Gasteiger partial charge >= 0.3 is 6.36 Å². The van der Waals surface area contributed by atoms with Crippen molar-refractivity contribution in [3.8, 4) is 5.75 Å². The fourth-order valence-electron chi connectivity index (χ4n) is 1.46. The fourth-order valence-corrected chi connectivity index (χ4v) is 1.46. The van der Waals surface area contributed by atoms with E-state index in [0.717, 1.165) is 0 Å². The third-order valence-corrected chi connectivity index (χ3v) is 2.32. The highest BCUT2D eigenvalue weighted by Gasteiger charge is 2.31. The fraction of sp³-hybridized carbons (Fsp3) is 0.273. The summed E-state index contributed by atoms with van der Waals surface area (Å²) in [6.45, 7) is 0.353. The summed E-state index contributed by atoms with van der Waals surface area (Å²) in [4.78, 5) is 3.99. The molecule has 19 heavy (non-hydrogen) atoms. The van der Waals surface area contributed by atoms with E-state index in [4.69, 9.17) is 0 Å². The van der Waals surface area contributed by atoms with Crippen molar-refractivity contribution in [2.45, 2.75) is 12.9 Å². The first-order chi connectivity index (χ1) is 8.94. The Hall–Kier alpha value is -2.25. The van der Waals surface area contributed by atoms with E-state index >= 15 is 0 Å². The van der Waals surface area contributed by atoms with E-state index in [1.54, 1.807) is 17.8 Å². The molecule has 0 saturated heterocycles. The lowest BCUT2D eigenvalue weighted by atomic mass is 10.3. The van der Waals surface area contributed by atoms with E-state index in [2.05, 4.69) is 20.1 Å². The number of alkyl halides is 3. The topological polar surface area (TPSA) is 52.0 Å². The first-order valence-electron chi connectivity index (χ1n) is 5.36. The molecule has 0 aliphatic heterocycles. The SMILES string of the molecule is Cn1ncnc1CNc1cccc(OC(F)(F)F)c1. The molecule has 5 nitrogen and oxygen atoms in total. The number of hydrogen-bond acceptors (Lipinski definition) is 4. The molecule has 0 radical (unpaired) electrons. The van der Waals surface area contributed by atoms with Crippen molar-refractivity contribution in [1.82, 2.24) is 14.8 Å². The van der Waals surface area contributed by atoms with Gasteiger partial charge in [0.05, 0.1) is 6.54 Å². The number of anilines is 1. The van der Waals surface area contributed by atoms with Gasteiger partial charge in [-0.2, -0.15) is 5.10 Å². The highest BCUT2D eigenvalue weighted by Crippen LogP contribution is 2.25. The predicted octanol–water partition coefficient (Wildman–Crippen LogP) is 2.33. The van der Waals surface area contributed by atoms with Crippen molar-refractivity contribution in [1.29, 1.82) is 0 Å². The molecule has 1 aromatic heterocycles. The van der Waals surface area contributed by atoms with E-state index < -0.39 is 6.36 Å². The molecule has 0 atom stereocenters. The quantitative estimate of drug-likeness (QED) is 0.928. The van der Waals surface area contributed by atoms with Gasteiger partial charge in [-0.1, -0.05) is 6.07 Å². The Morgan fingerprint density at radius 3 is 2.79 bits per heavy atom. The Morgan fingerprint density at radius 1 is 1.37 bits per heavy atom. The van der Waals surface area contributed by atoms with Crippen LogP contribution in [0.1, 0.15) is 5.82 Å². The molecule has 0 fully saturated rings. The summed E-state index contributed by atoms with van der Waals surface area (Å²) >= 11 is 0. The highest BCUT2D eigenvalue weighted by molar-refractivity contribution is 5.48. The average Bonchev–Trinajstić information content (AvgIpc) is 2.70. The number of hydrogen-bond donors (Lipinski definition) is 1. The highest BCUT2D eigenvalue weighted by atomic mass is 19.4. The molecular weight excluding hydrogens is 261 g/mol. The molecule has 1 aromatic carbocycles. The van der Waals surface area contributed by atoms with Gasteiger partial charge in [-0.25, -0.2) is 4.98 Å². The predicted molar refractivity (Wildman–Crippen MR) is 61.5 cm³/mol. The first kappa shape index (κ1) is 13.2. The van der Waals surface area contributed by atoms with Crippen molar-refractivity contribution in [3.63, 3.8) is 0 Å². The Kier molecular flexibility index (Phi) is 3.59. The maximum atomic E-state index is 12.1. The van der Waals surface area contributed by atoms with Gasteiger partial charge in [-0.15, -0.1) is 13.2 Å². The summed E-state index contributed by atoms with van der Waals surface area (Å²) in [7, 11) is 1.73. The van der Waals surface area contributed by atoms with Crippen LogP contribution in [0.2, 0.25) is 0 Å². The molecule has 2 aromatic rings. The molecule has 0 spiro atoms. The summed E-state index contributed by atoms with van der Waals surface area (Å²) in [6, 6.07) is 5.62. The van der Waals surface area contributed by atoms with E-state index in [9.17, 15) is 13.2 Å². The van der Waals surface area contributed by atoms with Gasteiger partial charge in [-0.3, -0.25) is 4.68 Å². The normalized spacial score (nSPS) is 11.4. The van der Waals surface area contributed by atoms with Gasteiger partial charge in [0.25, 0.3) is 0 Å². The van der Waals surface area contributed by atoms with Crippen LogP contribution < -0.4 is 10.1 Å². The number of ether oxygens (including phenoxy) is 1. The number of halogens is 3. The van der Waals surface area contributed by atoms with Crippen LogP contribution in [-0.4, -0.2) is 21.1 Å². The molecule has 0 aliphatic carbocycles. The Labute approximate surface area is 107 Å². The molecular formula is C11H11F3N4O. The van der Waals surface area contributed by atoms with Gasteiger partial charge < -0.3 is 10.1 Å². The van der Waals surface area contributed by atoms with Crippen LogP contribution in [0.25, 0.3) is 0 Å². The van der Waals surface area contributed by atoms with E-state index in [-0.39, 0.29) is 5.75 Å². The number of aryl methyl sites for hydroxylation is 1. The molecule has 2 rings (SSSR count). The second-order valence-electron chi connectivity index (χ2n) is 3.73. The van der Waals surface area contributed by atoms with Crippen molar-refractivity contribution in [3.05, 3.63) is 36.4 Å². The van der Waals surface area contributed by atoms with Crippen molar-refractivity contribution in [2.75, 3.05) is 5.32 Å². The van der Waals surface area contributed by atoms with Crippen molar-refractivity contribution in [2.24, 2.45) is 7.05 Å².